The minimum atomic E-state index is -2.57. The summed E-state index contributed by atoms with van der Waals surface area (Å²) < 4.78 is 29.1. The maximum atomic E-state index is 13.6. The quantitative estimate of drug-likeness (QED) is 0.721. The van der Waals surface area contributed by atoms with Crippen LogP contribution in [0, 0.1) is 12.3 Å². The van der Waals surface area contributed by atoms with Crippen molar-refractivity contribution in [3.05, 3.63) is 23.0 Å². The van der Waals surface area contributed by atoms with Crippen molar-refractivity contribution >= 4 is 17.4 Å². The lowest BCUT2D eigenvalue weighted by Crippen LogP contribution is -2.47. The minimum absolute atomic E-state index is 0.00243. The molecule has 0 amide bonds. The third-order valence-electron chi connectivity index (χ3n) is 7.05. The summed E-state index contributed by atoms with van der Waals surface area (Å²) in [6, 6.07) is 1.93. The first kappa shape index (κ1) is 22.0. The van der Waals surface area contributed by atoms with Gasteiger partial charge in [0.1, 0.15) is 5.82 Å². The van der Waals surface area contributed by atoms with E-state index in [0.29, 0.717) is 31.5 Å². The van der Waals surface area contributed by atoms with Gasteiger partial charge in [0.2, 0.25) is 5.92 Å². The Morgan fingerprint density at radius 1 is 1.26 bits per heavy atom. The number of rotatable bonds is 4. The van der Waals surface area contributed by atoms with Crippen LogP contribution in [0.4, 0.5) is 14.6 Å². The number of hydrogen-bond acceptors (Lipinski definition) is 4. The summed E-state index contributed by atoms with van der Waals surface area (Å²) in [7, 11) is 0. The second-order valence-corrected chi connectivity index (χ2v) is 9.95. The molecule has 2 aliphatic rings. The lowest BCUT2D eigenvalue weighted by atomic mass is 9.81. The Balaban J connectivity index is 1.80. The van der Waals surface area contributed by atoms with Gasteiger partial charge in [-0.1, -0.05) is 13.8 Å². The van der Waals surface area contributed by atoms with E-state index in [2.05, 4.69) is 18.7 Å². The zero-order valence-corrected chi connectivity index (χ0v) is 18.8. The fraction of sp³-hybridized carbons (Fsp3) is 0.696. The van der Waals surface area contributed by atoms with Crippen LogP contribution in [0.15, 0.2) is 6.07 Å². The van der Waals surface area contributed by atoms with Crippen LogP contribution in [0.2, 0.25) is 0 Å². The molecule has 1 saturated carbocycles. The molecule has 6 nitrogen and oxygen atoms in total. The molecule has 1 aliphatic heterocycles. The normalized spacial score (nSPS) is 24.8. The summed E-state index contributed by atoms with van der Waals surface area (Å²) in [6.07, 6.45) is 2.06. The molecule has 2 aromatic rings. The van der Waals surface area contributed by atoms with E-state index in [0.717, 1.165) is 35.7 Å². The number of aryl methyl sites for hydroxylation is 1. The average Bonchev–Trinajstić information content (AvgIpc) is 3.09. The van der Waals surface area contributed by atoms with Gasteiger partial charge in [0.05, 0.1) is 11.1 Å². The van der Waals surface area contributed by atoms with Gasteiger partial charge in [-0.15, -0.1) is 0 Å². The molecule has 8 heteroatoms. The van der Waals surface area contributed by atoms with Gasteiger partial charge >= 0.3 is 5.97 Å². The van der Waals surface area contributed by atoms with E-state index in [1.54, 1.807) is 6.92 Å². The molecule has 0 unspecified atom stereocenters. The van der Waals surface area contributed by atoms with Gasteiger partial charge < -0.3 is 10.0 Å². The number of fused-ring (bicyclic) bond motifs is 1. The third kappa shape index (κ3) is 4.01. The highest BCUT2D eigenvalue weighted by molar-refractivity contribution is 5.75. The Morgan fingerprint density at radius 3 is 2.55 bits per heavy atom. The molecule has 2 fully saturated rings. The van der Waals surface area contributed by atoms with Gasteiger partial charge in [-0.2, -0.15) is 9.61 Å². The lowest BCUT2D eigenvalue weighted by molar-refractivity contribution is -0.148. The second-order valence-electron chi connectivity index (χ2n) is 9.95. The summed E-state index contributed by atoms with van der Waals surface area (Å²) in [5, 5.41) is 14.7. The van der Waals surface area contributed by atoms with Crippen molar-refractivity contribution in [2.24, 2.45) is 5.41 Å². The van der Waals surface area contributed by atoms with Gasteiger partial charge in [-0.05, 0) is 45.4 Å². The van der Waals surface area contributed by atoms with Crippen molar-refractivity contribution < 1.29 is 18.7 Å². The molecule has 31 heavy (non-hydrogen) atoms. The van der Waals surface area contributed by atoms with Crippen molar-refractivity contribution in [1.29, 1.82) is 0 Å². The predicted octanol–water partition coefficient (Wildman–Crippen LogP) is 5.15. The maximum absolute atomic E-state index is 13.6. The molecule has 1 aliphatic carbocycles. The highest BCUT2D eigenvalue weighted by Gasteiger charge is 2.40. The molecule has 1 atom stereocenters. The molecule has 4 rings (SSSR count). The summed E-state index contributed by atoms with van der Waals surface area (Å²) in [5.41, 5.74) is 2.66. The van der Waals surface area contributed by atoms with Crippen LogP contribution in [-0.2, 0) is 4.79 Å². The SMILES string of the molecule is Cc1nc2cc(C3CCC(F)(F)CC3)nn2c(N2CCC[C@@](C)(C(=O)O)C2)c1C(C)C. The number of nitrogens with zero attached hydrogens (tertiary/aromatic N) is 4. The lowest BCUT2D eigenvalue weighted by Gasteiger charge is -2.40. The Bertz CT molecular complexity index is 993. The van der Waals surface area contributed by atoms with E-state index < -0.39 is 17.3 Å². The van der Waals surface area contributed by atoms with E-state index in [1.807, 2.05) is 17.5 Å². The summed E-state index contributed by atoms with van der Waals surface area (Å²) in [5.74, 6) is -2.27. The Hall–Kier alpha value is -2.25. The van der Waals surface area contributed by atoms with Crippen molar-refractivity contribution in [2.45, 2.75) is 84.0 Å². The highest BCUT2D eigenvalue weighted by atomic mass is 19.3. The summed E-state index contributed by atoms with van der Waals surface area (Å²) in [4.78, 5) is 18.9. The van der Waals surface area contributed by atoms with Crippen molar-refractivity contribution in [3.8, 4) is 0 Å². The zero-order valence-electron chi connectivity index (χ0n) is 18.8. The number of anilines is 1. The van der Waals surface area contributed by atoms with Crippen LogP contribution in [0.25, 0.3) is 5.65 Å². The number of alkyl halides is 2. The largest absolute Gasteiger partial charge is 0.481 e. The first-order chi connectivity index (χ1) is 14.5. The maximum Gasteiger partial charge on any atom is 0.311 e. The predicted molar refractivity (Wildman–Crippen MR) is 115 cm³/mol. The smallest absolute Gasteiger partial charge is 0.311 e. The number of carboxylic acid groups (broad SMARTS) is 1. The first-order valence-corrected chi connectivity index (χ1v) is 11.3. The van der Waals surface area contributed by atoms with Gasteiger partial charge in [0, 0.05) is 49.2 Å². The van der Waals surface area contributed by atoms with Gasteiger partial charge in [0.25, 0.3) is 0 Å². The molecule has 1 saturated heterocycles. The monoisotopic (exact) mass is 434 g/mol. The van der Waals surface area contributed by atoms with Crippen LogP contribution < -0.4 is 4.90 Å². The van der Waals surface area contributed by atoms with Crippen molar-refractivity contribution in [2.75, 3.05) is 18.0 Å². The first-order valence-electron chi connectivity index (χ1n) is 11.3. The Labute approximate surface area is 181 Å². The molecule has 1 N–H and O–H groups in total. The number of carboxylic acids is 1. The van der Waals surface area contributed by atoms with Gasteiger partial charge in [-0.3, -0.25) is 4.79 Å². The van der Waals surface area contributed by atoms with E-state index >= 15 is 0 Å². The molecule has 0 bridgehead atoms. The van der Waals surface area contributed by atoms with Crippen LogP contribution in [0.3, 0.4) is 0 Å². The molecule has 3 heterocycles. The van der Waals surface area contributed by atoms with E-state index in [9.17, 15) is 18.7 Å². The fourth-order valence-corrected chi connectivity index (χ4v) is 5.24. The number of halogens is 2. The third-order valence-corrected chi connectivity index (χ3v) is 7.05. The minimum Gasteiger partial charge on any atom is -0.481 e. The second kappa shape index (κ2) is 7.71. The molecular weight excluding hydrogens is 402 g/mol. The number of aromatic nitrogens is 3. The standard InChI is InChI=1S/C23H32F2N4O2/c1-14(2)19-15(3)26-18-12-17(16-6-9-23(24,25)10-7-16)27-29(18)20(19)28-11-5-8-22(4,13-28)21(30)31/h12,14,16H,5-11,13H2,1-4H3,(H,30,31)/t22-/m1/s1. The molecule has 0 radical (unpaired) electrons. The molecule has 0 spiro atoms. The Kier molecular flexibility index (Phi) is 5.46. The van der Waals surface area contributed by atoms with Gasteiger partial charge in [0.15, 0.2) is 5.65 Å². The molecule has 2 aromatic heterocycles. The summed E-state index contributed by atoms with van der Waals surface area (Å²) >= 11 is 0. The molecule has 170 valence electrons. The van der Waals surface area contributed by atoms with Crippen LogP contribution in [-0.4, -0.2) is 44.7 Å². The Morgan fingerprint density at radius 2 is 1.94 bits per heavy atom. The molecular formula is C23H32F2N4O2. The number of piperidine rings is 1. The molecule has 0 aromatic carbocycles. The van der Waals surface area contributed by atoms with E-state index in [4.69, 9.17) is 10.1 Å². The number of carbonyl (C=O) groups is 1. The van der Waals surface area contributed by atoms with Crippen molar-refractivity contribution in [1.82, 2.24) is 14.6 Å². The van der Waals surface area contributed by atoms with Crippen LogP contribution in [0.1, 0.15) is 88.1 Å². The topological polar surface area (TPSA) is 70.7 Å². The number of aliphatic carboxylic acids is 1. The van der Waals surface area contributed by atoms with Crippen molar-refractivity contribution in [3.63, 3.8) is 0 Å². The fourth-order valence-electron chi connectivity index (χ4n) is 5.24. The summed E-state index contributed by atoms with van der Waals surface area (Å²) in [6.45, 7) is 9.16. The van der Waals surface area contributed by atoms with E-state index in [1.165, 1.54) is 0 Å². The number of hydrogen-bond donors (Lipinski definition) is 1. The average molecular weight is 435 g/mol. The van der Waals surface area contributed by atoms with E-state index in [-0.39, 0.29) is 24.7 Å². The van der Waals surface area contributed by atoms with Gasteiger partial charge in [-0.25, -0.2) is 13.8 Å². The zero-order chi connectivity index (χ0) is 22.6. The highest BCUT2D eigenvalue weighted by Crippen LogP contribution is 2.42. The van der Waals surface area contributed by atoms with Crippen LogP contribution in [0.5, 0.6) is 0 Å². The van der Waals surface area contributed by atoms with Crippen LogP contribution >= 0.6 is 0 Å².